The third-order valence-corrected chi connectivity index (χ3v) is 2.63. The molecule has 0 heterocycles. The van der Waals surface area contributed by atoms with Crippen molar-refractivity contribution in [2.45, 2.75) is 20.5 Å². The van der Waals surface area contributed by atoms with Gasteiger partial charge in [-0.2, -0.15) is 0 Å². The molecule has 0 aliphatic carbocycles. The van der Waals surface area contributed by atoms with Crippen molar-refractivity contribution in [3.05, 3.63) is 22.2 Å². The van der Waals surface area contributed by atoms with Crippen molar-refractivity contribution >= 4 is 15.9 Å². The fourth-order valence-corrected chi connectivity index (χ4v) is 1.70. The molecule has 0 saturated heterocycles. The predicted octanol–water partition coefficient (Wildman–Crippen LogP) is 2.74. The van der Waals surface area contributed by atoms with Crippen LogP contribution in [0.5, 0.6) is 11.5 Å². The Kier molecular flexibility index (Phi) is 4.91. The molecule has 15 heavy (non-hydrogen) atoms. The standard InChI is InChI=1S/C11H15BrO3/c1-3-14-9-5-8(7-13)6-10(11(9)12)15-4-2/h5-6,13H,3-4,7H2,1-2H3. The minimum absolute atomic E-state index is 0.0204. The van der Waals surface area contributed by atoms with Gasteiger partial charge >= 0.3 is 0 Å². The number of aliphatic hydroxyl groups is 1. The van der Waals surface area contributed by atoms with Crippen LogP contribution in [0.2, 0.25) is 0 Å². The molecule has 0 atom stereocenters. The van der Waals surface area contributed by atoms with Gasteiger partial charge in [-0.15, -0.1) is 0 Å². The summed E-state index contributed by atoms with van der Waals surface area (Å²) in [4.78, 5) is 0. The summed E-state index contributed by atoms with van der Waals surface area (Å²) >= 11 is 3.41. The van der Waals surface area contributed by atoms with Crippen LogP contribution in [-0.2, 0) is 6.61 Å². The zero-order valence-electron chi connectivity index (χ0n) is 8.92. The molecule has 0 spiro atoms. The van der Waals surface area contributed by atoms with Crippen LogP contribution in [0.15, 0.2) is 16.6 Å². The third kappa shape index (κ3) is 3.11. The van der Waals surface area contributed by atoms with Crippen LogP contribution >= 0.6 is 15.9 Å². The maximum absolute atomic E-state index is 9.09. The second-order valence-corrected chi connectivity index (χ2v) is 3.72. The summed E-state index contributed by atoms with van der Waals surface area (Å²) in [6.07, 6.45) is 0. The summed E-state index contributed by atoms with van der Waals surface area (Å²) in [6, 6.07) is 3.60. The summed E-state index contributed by atoms with van der Waals surface area (Å²) in [6.45, 7) is 4.97. The highest BCUT2D eigenvalue weighted by Gasteiger charge is 2.10. The number of halogens is 1. The SMILES string of the molecule is CCOc1cc(CO)cc(OCC)c1Br. The van der Waals surface area contributed by atoms with Gasteiger partial charge in [0.25, 0.3) is 0 Å². The Morgan fingerprint density at radius 2 is 1.60 bits per heavy atom. The van der Waals surface area contributed by atoms with Crippen LogP contribution in [0.4, 0.5) is 0 Å². The van der Waals surface area contributed by atoms with Crippen molar-refractivity contribution in [2.24, 2.45) is 0 Å². The Morgan fingerprint density at radius 1 is 1.13 bits per heavy atom. The normalized spacial score (nSPS) is 10.1. The van der Waals surface area contributed by atoms with Gasteiger partial charge in [0.1, 0.15) is 16.0 Å². The molecule has 0 amide bonds. The van der Waals surface area contributed by atoms with Crippen LogP contribution in [0.1, 0.15) is 19.4 Å². The molecule has 3 nitrogen and oxygen atoms in total. The molecule has 0 unspecified atom stereocenters. The topological polar surface area (TPSA) is 38.7 Å². The van der Waals surface area contributed by atoms with Crippen LogP contribution in [0.25, 0.3) is 0 Å². The molecule has 0 aromatic heterocycles. The molecule has 1 N–H and O–H groups in total. The zero-order chi connectivity index (χ0) is 11.3. The van der Waals surface area contributed by atoms with Gasteiger partial charge in [0.2, 0.25) is 0 Å². The fraction of sp³-hybridized carbons (Fsp3) is 0.455. The van der Waals surface area contributed by atoms with E-state index in [4.69, 9.17) is 14.6 Å². The van der Waals surface area contributed by atoms with Crippen molar-refractivity contribution in [1.82, 2.24) is 0 Å². The molecular weight excluding hydrogens is 260 g/mol. The molecule has 84 valence electrons. The Morgan fingerprint density at radius 3 is 1.93 bits per heavy atom. The monoisotopic (exact) mass is 274 g/mol. The largest absolute Gasteiger partial charge is 0.493 e. The smallest absolute Gasteiger partial charge is 0.137 e. The Bertz CT molecular complexity index is 299. The molecule has 0 aliphatic heterocycles. The highest BCUT2D eigenvalue weighted by atomic mass is 79.9. The highest BCUT2D eigenvalue weighted by Crippen LogP contribution is 2.36. The van der Waals surface area contributed by atoms with Crippen molar-refractivity contribution < 1.29 is 14.6 Å². The Labute approximate surface area is 98.1 Å². The lowest BCUT2D eigenvalue weighted by Gasteiger charge is -2.12. The first-order valence-electron chi connectivity index (χ1n) is 4.91. The van der Waals surface area contributed by atoms with Crippen LogP contribution in [-0.4, -0.2) is 18.3 Å². The van der Waals surface area contributed by atoms with Gasteiger partial charge < -0.3 is 14.6 Å². The van der Waals surface area contributed by atoms with Crippen LogP contribution < -0.4 is 9.47 Å². The molecular formula is C11H15BrO3. The number of rotatable bonds is 5. The lowest BCUT2D eigenvalue weighted by atomic mass is 10.2. The Balaban J connectivity index is 3.08. The maximum Gasteiger partial charge on any atom is 0.137 e. The molecule has 0 bridgehead atoms. The fourth-order valence-electron chi connectivity index (χ4n) is 1.24. The average molecular weight is 275 g/mol. The van der Waals surface area contributed by atoms with Crippen LogP contribution in [0.3, 0.4) is 0 Å². The second-order valence-electron chi connectivity index (χ2n) is 2.93. The molecule has 0 fully saturated rings. The summed E-state index contributed by atoms with van der Waals surface area (Å²) in [7, 11) is 0. The molecule has 1 aromatic rings. The van der Waals surface area contributed by atoms with Crippen molar-refractivity contribution in [1.29, 1.82) is 0 Å². The predicted molar refractivity (Wildman–Crippen MR) is 62.4 cm³/mol. The first-order chi connectivity index (χ1) is 7.22. The van der Waals surface area contributed by atoms with Crippen molar-refractivity contribution in [3.63, 3.8) is 0 Å². The van der Waals surface area contributed by atoms with Crippen molar-refractivity contribution in [2.75, 3.05) is 13.2 Å². The first kappa shape index (κ1) is 12.3. The second kappa shape index (κ2) is 5.98. The molecule has 4 heteroatoms. The van der Waals surface area contributed by atoms with E-state index in [2.05, 4.69) is 15.9 Å². The summed E-state index contributed by atoms with van der Waals surface area (Å²) in [5, 5.41) is 9.09. The van der Waals surface area contributed by atoms with Gasteiger partial charge in [0.05, 0.1) is 19.8 Å². The van der Waals surface area contributed by atoms with E-state index in [0.717, 1.165) is 10.0 Å². The van der Waals surface area contributed by atoms with E-state index in [1.54, 1.807) is 12.1 Å². The molecule has 0 saturated carbocycles. The van der Waals surface area contributed by atoms with Gasteiger partial charge in [-0.3, -0.25) is 0 Å². The zero-order valence-corrected chi connectivity index (χ0v) is 10.5. The molecule has 1 aromatic carbocycles. The number of benzene rings is 1. The van der Waals surface area contributed by atoms with E-state index in [9.17, 15) is 0 Å². The van der Waals surface area contributed by atoms with E-state index in [0.29, 0.717) is 24.7 Å². The van der Waals surface area contributed by atoms with E-state index >= 15 is 0 Å². The third-order valence-electron chi connectivity index (χ3n) is 1.85. The van der Waals surface area contributed by atoms with E-state index in [1.807, 2.05) is 13.8 Å². The van der Waals surface area contributed by atoms with Gasteiger partial charge in [0, 0.05) is 0 Å². The lowest BCUT2D eigenvalue weighted by molar-refractivity contribution is 0.276. The summed E-state index contributed by atoms with van der Waals surface area (Å²) < 4.78 is 11.7. The average Bonchev–Trinajstić information content (AvgIpc) is 2.24. The molecule has 0 radical (unpaired) electrons. The van der Waals surface area contributed by atoms with E-state index < -0.39 is 0 Å². The summed E-state index contributed by atoms with van der Waals surface area (Å²) in [5.41, 5.74) is 0.783. The molecule has 1 rings (SSSR count). The number of hydrogen-bond acceptors (Lipinski definition) is 3. The van der Waals surface area contributed by atoms with Crippen LogP contribution in [0, 0.1) is 0 Å². The lowest BCUT2D eigenvalue weighted by Crippen LogP contribution is -1.99. The van der Waals surface area contributed by atoms with Gasteiger partial charge in [-0.1, -0.05) is 0 Å². The van der Waals surface area contributed by atoms with Gasteiger partial charge in [-0.05, 0) is 47.5 Å². The highest BCUT2D eigenvalue weighted by molar-refractivity contribution is 9.10. The summed E-state index contributed by atoms with van der Waals surface area (Å²) in [5.74, 6) is 1.40. The van der Waals surface area contributed by atoms with Crippen molar-refractivity contribution in [3.8, 4) is 11.5 Å². The van der Waals surface area contributed by atoms with E-state index in [1.165, 1.54) is 0 Å². The number of ether oxygens (including phenoxy) is 2. The quantitative estimate of drug-likeness (QED) is 0.898. The Hall–Kier alpha value is -0.740. The molecule has 0 aliphatic rings. The van der Waals surface area contributed by atoms with E-state index in [-0.39, 0.29) is 6.61 Å². The first-order valence-corrected chi connectivity index (χ1v) is 5.71. The van der Waals surface area contributed by atoms with Gasteiger partial charge in [-0.25, -0.2) is 0 Å². The number of hydrogen-bond donors (Lipinski definition) is 1. The minimum atomic E-state index is -0.0204. The van der Waals surface area contributed by atoms with Gasteiger partial charge in [0.15, 0.2) is 0 Å². The minimum Gasteiger partial charge on any atom is -0.493 e. The maximum atomic E-state index is 9.09. The number of aliphatic hydroxyl groups excluding tert-OH is 1.